The summed E-state index contributed by atoms with van der Waals surface area (Å²) < 4.78 is 28.4. The second kappa shape index (κ2) is 7.16. The molecule has 1 aromatic rings. The normalized spacial score (nSPS) is 23.9. The van der Waals surface area contributed by atoms with E-state index in [1.54, 1.807) is 20.7 Å². The van der Waals surface area contributed by atoms with Crippen LogP contribution in [0.3, 0.4) is 0 Å². The maximum absolute atomic E-state index is 12.5. The van der Waals surface area contributed by atoms with E-state index in [1.807, 2.05) is 0 Å². The Morgan fingerprint density at radius 2 is 2.04 bits per heavy atom. The molecule has 0 radical (unpaired) electrons. The summed E-state index contributed by atoms with van der Waals surface area (Å²) in [6, 6.07) is -0.348. The molecule has 0 aromatic carbocycles. The number of sulfone groups is 1. The molecule has 1 atom stereocenters. The van der Waals surface area contributed by atoms with Gasteiger partial charge in [0.2, 0.25) is 5.91 Å². The molecule has 132 valence electrons. The third-order valence-electron chi connectivity index (χ3n) is 4.25. The summed E-state index contributed by atoms with van der Waals surface area (Å²) in [6.07, 6.45) is 0.135. The lowest BCUT2D eigenvalue weighted by Crippen LogP contribution is -2.52. The minimum absolute atomic E-state index is 0.00136. The number of hydrogen-bond donors (Lipinski definition) is 0. The number of amides is 2. The summed E-state index contributed by atoms with van der Waals surface area (Å²) in [7, 11) is -3.03. The molecule has 8 nitrogen and oxygen atoms in total. The fourth-order valence-electron chi connectivity index (χ4n) is 2.85. The third kappa shape index (κ3) is 3.93. The average Bonchev–Trinajstić information content (AvgIpc) is 3.09. The number of ether oxygens (including phenoxy) is 1. The van der Waals surface area contributed by atoms with Crippen LogP contribution in [0.25, 0.3) is 0 Å². The van der Waals surface area contributed by atoms with Crippen molar-refractivity contribution in [3.8, 4) is 0 Å². The smallest absolute Gasteiger partial charge is 0.273 e. The second-order valence-electron chi connectivity index (χ2n) is 5.84. The van der Waals surface area contributed by atoms with Crippen LogP contribution in [0.2, 0.25) is 0 Å². The first-order valence-corrected chi connectivity index (χ1v) is 10.5. The van der Waals surface area contributed by atoms with Crippen molar-refractivity contribution in [2.24, 2.45) is 0 Å². The van der Waals surface area contributed by atoms with Crippen molar-refractivity contribution in [3.63, 3.8) is 0 Å². The molecule has 0 unspecified atom stereocenters. The molecule has 24 heavy (non-hydrogen) atoms. The van der Waals surface area contributed by atoms with Gasteiger partial charge in [0.15, 0.2) is 9.84 Å². The van der Waals surface area contributed by atoms with E-state index in [-0.39, 0.29) is 48.9 Å². The molecule has 2 saturated heterocycles. The Bertz CT molecular complexity index is 690. The van der Waals surface area contributed by atoms with Crippen LogP contribution in [0.5, 0.6) is 0 Å². The van der Waals surface area contributed by atoms with Gasteiger partial charge in [0.05, 0.1) is 36.3 Å². The Labute approximate surface area is 144 Å². The number of rotatable bonds is 3. The number of carbonyl (C=O) groups excluding carboxylic acids is 2. The van der Waals surface area contributed by atoms with E-state index in [1.165, 1.54) is 11.3 Å². The first-order chi connectivity index (χ1) is 11.5. The van der Waals surface area contributed by atoms with E-state index in [4.69, 9.17) is 4.74 Å². The van der Waals surface area contributed by atoms with Crippen molar-refractivity contribution in [1.82, 2.24) is 14.8 Å². The predicted molar refractivity (Wildman–Crippen MR) is 87.6 cm³/mol. The number of carbonyl (C=O) groups is 2. The lowest BCUT2D eigenvalue weighted by molar-refractivity contribution is -0.133. The summed E-state index contributed by atoms with van der Waals surface area (Å²) in [6.45, 7) is 1.59. The average molecular weight is 373 g/mol. The Hall–Kier alpha value is -1.52. The predicted octanol–water partition coefficient (Wildman–Crippen LogP) is -0.369. The van der Waals surface area contributed by atoms with Crippen LogP contribution in [0.15, 0.2) is 10.9 Å². The second-order valence-corrected chi connectivity index (χ2v) is 8.86. The molecule has 1 aromatic heterocycles. The van der Waals surface area contributed by atoms with Crippen LogP contribution >= 0.6 is 11.3 Å². The summed E-state index contributed by atoms with van der Waals surface area (Å²) in [4.78, 5) is 32.2. The highest BCUT2D eigenvalue weighted by Gasteiger charge is 2.33. The summed E-state index contributed by atoms with van der Waals surface area (Å²) in [5, 5.41) is 1.69. The Kier molecular flexibility index (Phi) is 5.16. The van der Waals surface area contributed by atoms with Crippen molar-refractivity contribution < 1.29 is 22.7 Å². The highest BCUT2D eigenvalue weighted by atomic mass is 32.2. The lowest BCUT2D eigenvalue weighted by Gasteiger charge is -2.36. The monoisotopic (exact) mass is 373 g/mol. The van der Waals surface area contributed by atoms with E-state index < -0.39 is 9.84 Å². The zero-order valence-electron chi connectivity index (χ0n) is 13.1. The molecule has 0 spiro atoms. The molecule has 2 fully saturated rings. The van der Waals surface area contributed by atoms with Crippen LogP contribution < -0.4 is 0 Å². The molecule has 10 heteroatoms. The number of morpholine rings is 1. The van der Waals surface area contributed by atoms with Crippen molar-refractivity contribution in [1.29, 1.82) is 0 Å². The highest BCUT2D eigenvalue weighted by molar-refractivity contribution is 7.91. The van der Waals surface area contributed by atoms with Crippen LogP contribution in [0, 0.1) is 0 Å². The van der Waals surface area contributed by atoms with Gasteiger partial charge in [-0.3, -0.25) is 9.59 Å². The Morgan fingerprint density at radius 1 is 1.29 bits per heavy atom. The van der Waals surface area contributed by atoms with Crippen molar-refractivity contribution >= 4 is 33.0 Å². The lowest BCUT2D eigenvalue weighted by atomic mass is 10.1. The van der Waals surface area contributed by atoms with Crippen molar-refractivity contribution in [3.05, 3.63) is 16.6 Å². The number of hydrogen-bond acceptors (Lipinski definition) is 7. The quantitative estimate of drug-likeness (QED) is 0.717. The molecule has 2 aliphatic rings. The molecule has 3 heterocycles. The number of thiazole rings is 1. The molecule has 2 amide bonds. The van der Waals surface area contributed by atoms with Gasteiger partial charge in [-0.05, 0) is 0 Å². The number of aromatic nitrogens is 1. The van der Waals surface area contributed by atoms with Gasteiger partial charge in [-0.2, -0.15) is 0 Å². The van der Waals surface area contributed by atoms with E-state index in [0.717, 1.165) is 0 Å². The molecule has 0 aliphatic carbocycles. The molecular formula is C14H19N3O5S2. The first kappa shape index (κ1) is 17.3. The minimum Gasteiger partial charge on any atom is -0.377 e. The van der Waals surface area contributed by atoms with E-state index in [0.29, 0.717) is 25.5 Å². The van der Waals surface area contributed by atoms with Gasteiger partial charge in [-0.15, -0.1) is 11.3 Å². The zero-order valence-corrected chi connectivity index (χ0v) is 14.7. The van der Waals surface area contributed by atoms with Crippen LogP contribution in [0.4, 0.5) is 0 Å². The standard InChI is InChI=1S/C14H19N3O5S2/c18-13(16-2-5-24(20,21)6-3-16)7-11-8-22-4-1-17(11)14(19)12-9-23-10-15-12/h9-11H,1-8H2/t11-/m1/s1. The van der Waals surface area contributed by atoms with Gasteiger partial charge >= 0.3 is 0 Å². The summed E-state index contributed by atoms with van der Waals surface area (Å²) in [5.74, 6) is -0.335. The van der Waals surface area contributed by atoms with Gasteiger partial charge in [0.1, 0.15) is 5.69 Å². The zero-order chi connectivity index (χ0) is 17.2. The van der Waals surface area contributed by atoms with E-state index in [2.05, 4.69) is 4.98 Å². The van der Waals surface area contributed by atoms with Gasteiger partial charge in [-0.25, -0.2) is 13.4 Å². The first-order valence-electron chi connectivity index (χ1n) is 7.71. The highest BCUT2D eigenvalue weighted by Crippen LogP contribution is 2.17. The van der Waals surface area contributed by atoms with Crippen molar-refractivity contribution in [2.75, 3.05) is 44.4 Å². The molecule has 0 saturated carbocycles. The van der Waals surface area contributed by atoms with Crippen LogP contribution in [-0.4, -0.2) is 85.4 Å². The fourth-order valence-corrected chi connectivity index (χ4v) is 4.58. The maximum atomic E-state index is 12.5. The Morgan fingerprint density at radius 3 is 2.71 bits per heavy atom. The van der Waals surface area contributed by atoms with Gasteiger partial charge in [0.25, 0.3) is 5.91 Å². The number of nitrogens with zero attached hydrogens (tertiary/aromatic N) is 3. The topological polar surface area (TPSA) is 96.9 Å². The maximum Gasteiger partial charge on any atom is 0.273 e. The molecular weight excluding hydrogens is 354 g/mol. The summed E-state index contributed by atoms with van der Waals surface area (Å²) >= 11 is 1.35. The van der Waals surface area contributed by atoms with Crippen molar-refractivity contribution in [2.45, 2.75) is 12.5 Å². The molecule has 3 rings (SSSR count). The minimum atomic E-state index is -3.03. The molecule has 2 aliphatic heterocycles. The van der Waals surface area contributed by atoms with Gasteiger partial charge in [-0.1, -0.05) is 0 Å². The fraction of sp³-hybridized carbons (Fsp3) is 0.643. The van der Waals surface area contributed by atoms with Crippen LogP contribution in [0.1, 0.15) is 16.9 Å². The molecule has 0 bridgehead atoms. The van der Waals surface area contributed by atoms with E-state index in [9.17, 15) is 18.0 Å². The van der Waals surface area contributed by atoms with Crippen LogP contribution in [-0.2, 0) is 19.4 Å². The largest absolute Gasteiger partial charge is 0.377 e. The van der Waals surface area contributed by atoms with Gasteiger partial charge < -0.3 is 14.5 Å². The summed E-state index contributed by atoms with van der Waals surface area (Å²) in [5.41, 5.74) is 1.98. The van der Waals surface area contributed by atoms with Gasteiger partial charge in [0, 0.05) is 31.4 Å². The molecule has 0 N–H and O–H groups in total. The Balaban J connectivity index is 1.63. The third-order valence-corrected chi connectivity index (χ3v) is 6.44. The SMILES string of the molecule is O=C(C[C@@H]1COCCN1C(=O)c1cscn1)N1CCS(=O)(=O)CC1. The van der Waals surface area contributed by atoms with E-state index >= 15 is 0 Å².